The van der Waals surface area contributed by atoms with Crippen molar-refractivity contribution in [1.29, 1.82) is 0 Å². The summed E-state index contributed by atoms with van der Waals surface area (Å²) in [6.45, 7) is -0.195. The molecule has 0 spiro atoms. The van der Waals surface area contributed by atoms with Gasteiger partial charge < -0.3 is 0 Å². The third kappa shape index (κ3) is 9.21. The van der Waals surface area contributed by atoms with E-state index in [0.29, 0.717) is 11.5 Å². The van der Waals surface area contributed by atoms with Crippen molar-refractivity contribution >= 4 is 64.9 Å². The SMILES string of the molecule is COC(=O)COc1ccc([Te+]c2ccc(OCC(=O)OC)cc2)cc1.Cl.Cl. The summed E-state index contributed by atoms with van der Waals surface area (Å²) in [6.07, 6.45) is 0. The molecular weight excluding hydrogens is 511 g/mol. The Morgan fingerprint density at radius 3 is 1.33 bits per heavy atom. The smallest absolute Gasteiger partial charge is 0.147 e. The van der Waals surface area contributed by atoms with Gasteiger partial charge in [0.15, 0.2) is 0 Å². The van der Waals surface area contributed by atoms with Gasteiger partial charge in [-0.3, -0.25) is 0 Å². The molecule has 0 aliphatic heterocycles. The topological polar surface area (TPSA) is 71.1 Å². The van der Waals surface area contributed by atoms with E-state index in [-0.39, 0.29) is 38.0 Å². The minimum absolute atomic E-state index is 0. The Morgan fingerprint density at radius 1 is 0.704 bits per heavy atom. The van der Waals surface area contributed by atoms with Crippen molar-refractivity contribution in [1.82, 2.24) is 0 Å². The van der Waals surface area contributed by atoms with E-state index in [1.54, 1.807) is 0 Å². The van der Waals surface area contributed by atoms with Crippen LogP contribution in [-0.4, -0.2) is 60.3 Å². The fraction of sp³-hybridized carbons (Fsp3) is 0.222. The Labute approximate surface area is 180 Å². The Kier molecular flexibility index (Phi) is 12.7. The maximum atomic E-state index is 11.0. The number of rotatable bonds is 8. The van der Waals surface area contributed by atoms with Crippen molar-refractivity contribution in [2.45, 2.75) is 0 Å². The Hall–Kier alpha value is -1.65. The van der Waals surface area contributed by atoms with Gasteiger partial charge in [0.2, 0.25) is 0 Å². The first-order valence-corrected chi connectivity index (χ1v) is 9.71. The molecule has 0 atom stereocenters. The third-order valence-corrected chi connectivity index (χ3v) is 5.95. The first kappa shape index (κ1) is 25.3. The van der Waals surface area contributed by atoms with Gasteiger partial charge in [-0.05, 0) is 0 Å². The van der Waals surface area contributed by atoms with E-state index in [1.165, 1.54) is 21.4 Å². The molecule has 0 aliphatic carbocycles. The van der Waals surface area contributed by atoms with Gasteiger partial charge in [-0.25, -0.2) is 0 Å². The summed E-state index contributed by atoms with van der Waals surface area (Å²) < 4.78 is 22.2. The van der Waals surface area contributed by atoms with Crippen molar-refractivity contribution in [3.05, 3.63) is 48.5 Å². The van der Waals surface area contributed by atoms with E-state index in [2.05, 4.69) is 9.47 Å². The molecule has 0 aliphatic rings. The predicted octanol–water partition coefficient (Wildman–Crippen LogP) is 1.29. The van der Waals surface area contributed by atoms with Crippen LogP contribution >= 0.6 is 24.8 Å². The molecule has 2 rings (SSSR count). The van der Waals surface area contributed by atoms with Crippen LogP contribution in [0.3, 0.4) is 0 Å². The van der Waals surface area contributed by atoms with Crippen LogP contribution in [0, 0.1) is 0 Å². The fourth-order valence-corrected chi connectivity index (χ4v) is 4.08. The predicted molar refractivity (Wildman–Crippen MR) is 107 cm³/mol. The zero-order valence-corrected chi connectivity index (χ0v) is 18.7. The van der Waals surface area contributed by atoms with Gasteiger partial charge in [0, 0.05) is 0 Å². The number of carbonyl (C=O) groups is 2. The largest absolute Gasteiger partial charge is 0.147 e. The van der Waals surface area contributed by atoms with Crippen LogP contribution in [0.25, 0.3) is 0 Å². The molecule has 0 unspecified atom stereocenters. The van der Waals surface area contributed by atoms with Crippen molar-refractivity contribution in [2.24, 2.45) is 0 Å². The molecule has 2 aromatic carbocycles. The molecule has 9 heteroatoms. The van der Waals surface area contributed by atoms with Gasteiger partial charge >= 0.3 is 156 Å². The minimum atomic E-state index is -0.541. The number of esters is 2. The Balaban J connectivity index is 0.00000338. The van der Waals surface area contributed by atoms with Crippen molar-refractivity contribution in [3.8, 4) is 11.5 Å². The summed E-state index contributed by atoms with van der Waals surface area (Å²) in [4.78, 5) is 22.1. The number of ether oxygens (including phenoxy) is 4. The maximum absolute atomic E-state index is 11.0. The second-order valence-electron chi connectivity index (χ2n) is 4.77. The molecule has 2 aromatic rings. The third-order valence-electron chi connectivity index (χ3n) is 3.05. The molecule has 147 valence electrons. The zero-order chi connectivity index (χ0) is 18.1. The number of hydrogen-bond acceptors (Lipinski definition) is 6. The summed E-state index contributed by atoms with van der Waals surface area (Å²) in [6, 6.07) is 15.4. The molecule has 0 aromatic heterocycles. The zero-order valence-electron chi connectivity index (χ0n) is 14.7. The molecular formula is C18H20Cl2O6Te+. The van der Waals surface area contributed by atoms with Gasteiger partial charge in [0.1, 0.15) is 0 Å². The normalized spacial score (nSPS) is 9.26. The van der Waals surface area contributed by atoms with E-state index < -0.39 is 32.9 Å². The quantitative estimate of drug-likeness (QED) is 0.378. The van der Waals surface area contributed by atoms with Gasteiger partial charge in [0.25, 0.3) is 0 Å². The summed E-state index contributed by atoms with van der Waals surface area (Å²) in [5.74, 6) is 0.445. The van der Waals surface area contributed by atoms with E-state index >= 15 is 0 Å². The second kappa shape index (κ2) is 13.5. The molecule has 0 saturated heterocycles. The molecule has 1 radical (unpaired) electrons. The van der Waals surface area contributed by atoms with Gasteiger partial charge in [0.05, 0.1) is 0 Å². The van der Waals surface area contributed by atoms with Crippen LogP contribution in [0.1, 0.15) is 0 Å². The summed E-state index contributed by atoms with van der Waals surface area (Å²) >= 11 is -0.541. The van der Waals surface area contributed by atoms with Crippen LogP contribution in [0.4, 0.5) is 0 Å². The number of methoxy groups -OCH3 is 2. The summed E-state index contributed by atoms with van der Waals surface area (Å²) in [5, 5.41) is 0. The molecule has 0 saturated carbocycles. The number of hydrogen-bond donors (Lipinski definition) is 0. The molecule has 6 nitrogen and oxygen atoms in total. The van der Waals surface area contributed by atoms with Crippen LogP contribution in [0.15, 0.2) is 48.5 Å². The Bertz CT molecular complexity index is 645. The van der Waals surface area contributed by atoms with Gasteiger partial charge in [-0.2, -0.15) is 0 Å². The molecule has 0 heterocycles. The standard InChI is InChI=1S/C18H18O6Te.2ClH/c1-21-17(19)11-23-13-3-7-15(8-4-13)25-16-9-5-14(6-10-16)24-12-18(20)22-2;;/h3-10H,11-12H2,1-2H3;2*1H/q+1;;. The van der Waals surface area contributed by atoms with E-state index in [9.17, 15) is 9.59 Å². The van der Waals surface area contributed by atoms with E-state index in [1.807, 2.05) is 48.5 Å². The van der Waals surface area contributed by atoms with Crippen LogP contribution in [-0.2, 0) is 19.1 Å². The number of benzene rings is 2. The van der Waals surface area contributed by atoms with E-state index in [4.69, 9.17) is 9.47 Å². The maximum Gasteiger partial charge on any atom is -0.147 e. The van der Waals surface area contributed by atoms with Crippen molar-refractivity contribution < 1.29 is 28.5 Å². The summed E-state index contributed by atoms with van der Waals surface area (Å²) in [7, 11) is 2.65. The number of carbonyl (C=O) groups excluding carboxylic acids is 2. The van der Waals surface area contributed by atoms with Gasteiger partial charge in [-0.1, -0.05) is 0 Å². The van der Waals surface area contributed by atoms with Crippen LogP contribution in [0.5, 0.6) is 11.5 Å². The first-order valence-electron chi connectivity index (χ1n) is 7.38. The molecule has 0 bridgehead atoms. The van der Waals surface area contributed by atoms with Crippen molar-refractivity contribution in [3.63, 3.8) is 0 Å². The molecule has 0 N–H and O–H groups in total. The molecule has 0 amide bonds. The second-order valence-corrected chi connectivity index (χ2v) is 8.05. The fourth-order valence-electron chi connectivity index (χ4n) is 1.75. The van der Waals surface area contributed by atoms with Gasteiger partial charge in [-0.15, -0.1) is 24.8 Å². The minimum Gasteiger partial charge on any atom is -0.147 e. The monoisotopic (exact) mass is 532 g/mol. The van der Waals surface area contributed by atoms with Crippen molar-refractivity contribution in [2.75, 3.05) is 27.4 Å². The first-order chi connectivity index (χ1) is 12.1. The Morgan fingerprint density at radius 2 is 1.04 bits per heavy atom. The molecule has 27 heavy (non-hydrogen) atoms. The van der Waals surface area contributed by atoms with Crippen LogP contribution in [0.2, 0.25) is 0 Å². The van der Waals surface area contributed by atoms with Crippen LogP contribution < -0.4 is 16.7 Å². The average molecular weight is 531 g/mol. The van der Waals surface area contributed by atoms with E-state index in [0.717, 1.165) is 0 Å². The summed E-state index contributed by atoms with van der Waals surface area (Å²) in [5.41, 5.74) is 0. The average Bonchev–Trinajstić information content (AvgIpc) is 2.66. The number of halogens is 2. The molecule has 0 fully saturated rings.